The Labute approximate surface area is 97.3 Å². The van der Waals surface area contributed by atoms with Crippen LogP contribution in [0.2, 0.25) is 0 Å². The molecule has 1 unspecified atom stereocenters. The van der Waals surface area contributed by atoms with E-state index in [1.165, 1.54) is 0 Å². The monoisotopic (exact) mass is 243 g/mol. The Kier molecular flexibility index (Phi) is 4.02. The molecule has 1 rings (SSSR count). The van der Waals surface area contributed by atoms with Gasteiger partial charge >= 0.3 is 6.18 Å². The van der Waals surface area contributed by atoms with E-state index < -0.39 is 12.3 Å². The van der Waals surface area contributed by atoms with Crippen LogP contribution in [0.15, 0.2) is 18.2 Å². The van der Waals surface area contributed by atoms with Crippen molar-refractivity contribution in [3.8, 4) is 11.8 Å². The van der Waals surface area contributed by atoms with Gasteiger partial charge < -0.3 is 10.8 Å². The van der Waals surface area contributed by atoms with Gasteiger partial charge in [0.15, 0.2) is 0 Å². The highest BCUT2D eigenvalue weighted by Gasteiger charge is 2.36. The van der Waals surface area contributed by atoms with Crippen molar-refractivity contribution in [2.45, 2.75) is 25.6 Å². The van der Waals surface area contributed by atoms with Crippen LogP contribution in [0.3, 0.4) is 0 Å². The van der Waals surface area contributed by atoms with Gasteiger partial charge in [-0.3, -0.25) is 0 Å². The Bertz CT molecular complexity index is 457. The van der Waals surface area contributed by atoms with Crippen LogP contribution in [-0.4, -0.2) is 17.4 Å². The Morgan fingerprint density at radius 3 is 2.59 bits per heavy atom. The Morgan fingerprint density at radius 1 is 1.41 bits per heavy atom. The van der Waals surface area contributed by atoms with Crippen LogP contribution in [0.5, 0.6) is 0 Å². The smallest absolute Gasteiger partial charge is 0.398 e. The molecule has 0 bridgehead atoms. The SMILES string of the molecule is CCc1ccc(N)c(C#CC(O)C(F)(F)F)c1. The van der Waals surface area contributed by atoms with Crippen molar-refractivity contribution in [2.75, 3.05) is 5.73 Å². The zero-order valence-corrected chi connectivity index (χ0v) is 9.17. The number of rotatable bonds is 1. The van der Waals surface area contributed by atoms with Crippen LogP contribution in [0.1, 0.15) is 18.1 Å². The van der Waals surface area contributed by atoms with Gasteiger partial charge in [0.2, 0.25) is 6.10 Å². The molecule has 0 aliphatic carbocycles. The Hall–Kier alpha value is -1.67. The van der Waals surface area contributed by atoms with Crippen LogP contribution in [0, 0.1) is 11.8 Å². The molecule has 0 heterocycles. The molecule has 0 spiro atoms. The van der Waals surface area contributed by atoms with E-state index >= 15 is 0 Å². The number of nitrogen functional groups attached to an aromatic ring is 1. The third-order valence-corrected chi connectivity index (χ3v) is 2.18. The molecular formula is C12H12F3NO. The third-order valence-electron chi connectivity index (χ3n) is 2.18. The van der Waals surface area contributed by atoms with E-state index in [2.05, 4.69) is 5.92 Å². The second-order valence-corrected chi connectivity index (χ2v) is 3.49. The summed E-state index contributed by atoms with van der Waals surface area (Å²) in [5, 5.41) is 8.72. The van der Waals surface area contributed by atoms with Gasteiger partial charge in [0.1, 0.15) is 0 Å². The number of nitrogens with two attached hydrogens (primary N) is 1. The van der Waals surface area contributed by atoms with Crippen LogP contribution in [-0.2, 0) is 6.42 Å². The molecule has 0 aliphatic heterocycles. The van der Waals surface area contributed by atoms with Gasteiger partial charge in [0.05, 0.1) is 0 Å². The second kappa shape index (κ2) is 5.11. The molecular weight excluding hydrogens is 231 g/mol. The quantitative estimate of drug-likeness (QED) is 0.586. The summed E-state index contributed by atoms with van der Waals surface area (Å²) in [6.07, 6.45) is -6.65. The van der Waals surface area contributed by atoms with E-state index in [0.717, 1.165) is 12.0 Å². The molecule has 92 valence electrons. The molecule has 3 N–H and O–H groups in total. The van der Waals surface area contributed by atoms with Gasteiger partial charge in [-0.25, -0.2) is 0 Å². The van der Waals surface area contributed by atoms with E-state index in [1.54, 1.807) is 24.1 Å². The molecule has 0 fully saturated rings. The first-order valence-electron chi connectivity index (χ1n) is 4.99. The summed E-state index contributed by atoms with van der Waals surface area (Å²) >= 11 is 0. The topological polar surface area (TPSA) is 46.2 Å². The molecule has 0 radical (unpaired) electrons. The van der Waals surface area contributed by atoms with Crippen molar-refractivity contribution >= 4 is 5.69 Å². The molecule has 2 nitrogen and oxygen atoms in total. The van der Waals surface area contributed by atoms with Gasteiger partial charge in [-0.2, -0.15) is 13.2 Å². The van der Waals surface area contributed by atoms with Gasteiger partial charge in [-0.15, -0.1) is 0 Å². The molecule has 0 saturated heterocycles. The molecule has 0 aliphatic rings. The highest BCUT2D eigenvalue weighted by atomic mass is 19.4. The Morgan fingerprint density at radius 2 is 2.06 bits per heavy atom. The first kappa shape index (κ1) is 13.4. The molecule has 1 atom stereocenters. The first-order chi connectivity index (χ1) is 7.84. The van der Waals surface area contributed by atoms with Gasteiger partial charge in [-0.1, -0.05) is 24.8 Å². The van der Waals surface area contributed by atoms with Crippen LogP contribution < -0.4 is 5.73 Å². The fourth-order valence-electron chi connectivity index (χ4n) is 1.16. The average molecular weight is 243 g/mol. The number of hydrogen-bond donors (Lipinski definition) is 2. The Balaban J connectivity index is 2.99. The number of halogens is 3. The predicted octanol–water partition coefficient (Wildman–Crippen LogP) is 2.11. The maximum absolute atomic E-state index is 12.0. The largest absolute Gasteiger partial charge is 0.425 e. The number of hydrogen-bond acceptors (Lipinski definition) is 2. The fraction of sp³-hybridized carbons (Fsp3) is 0.333. The minimum atomic E-state index is -4.73. The highest BCUT2D eigenvalue weighted by Crippen LogP contribution is 2.20. The van der Waals surface area contributed by atoms with Gasteiger partial charge in [-0.05, 0) is 24.1 Å². The normalized spacial score (nSPS) is 12.8. The van der Waals surface area contributed by atoms with Crippen LogP contribution in [0.25, 0.3) is 0 Å². The fourth-order valence-corrected chi connectivity index (χ4v) is 1.16. The number of aliphatic hydroxyl groups is 1. The molecule has 1 aromatic carbocycles. The lowest BCUT2D eigenvalue weighted by molar-refractivity contribution is -0.184. The van der Waals surface area contributed by atoms with Crippen molar-refractivity contribution in [1.29, 1.82) is 0 Å². The maximum Gasteiger partial charge on any atom is 0.425 e. The standard InChI is InChI=1S/C12H12F3NO/c1-2-8-3-5-10(16)9(7-8)4-6-11(17)12(13,14)15/h3,5,7,11,17H,2,16H2,1H3. The number of aliphatic hydroxyl groups excluding tert-OH is 1. The molecule has 1 aromatic rings. The number of benzene rings is 1. The number of aryl methyl sites for hydroxylation is 1. The summed E-state index contributed by atoms with van der Waals surface area (Å²) in [6.45, 7) is 1.91. The zero-order valence-electron chi connectivity index (χ0n) is 9.17. The molecule has 17 heavy (non-hydrogen) atoms. The van der Waals surface area contributed by atoms with Crippen molar-refractivity contribution in [3.63, 3.8) is 0 Å². The molecule has 0 amide bonds. The summed E-state index contributed by atoms with van der Waals surface area (Å²) < 4.78 is 36.0. The molecule has 5 heteroatoms. The minimum absolute atomic E-state index is 0.295. The summed E-state index contributed by atoms with van der Waals surface area (Å²) in [7, 11) is 0. The average Bonchev–Trinajstić information content (AvgIpc) is 2.26. The van der Waals surface area contributed by atoms with E-state index in [1.807, 2.05) is 6.92 Å². The lowest BCUT2D eigenvalue weighted by atomic mass is 10.1. The zero-order chi connectivity index (χ0) is 13.1. The summed E-state index contributed by atoms with van der Waals surface area (Å²) in [5.41, 5.74) is 7.09. The third kappa shape index (κ3) is 3.68. The van der Waals surface area contributed by atoms with Crippen molar-refractivity contribution < 1.29 is 18.3 Å². The molecule has 0 aromatic heterocycles. The van der Waals surface area contributed by atoms with Gasteiger partial charge in [0, 0.05) is 11.3 Å². The number of anilines is 1. The summed E-state index contributed by atoms with van der Waals surface area (Å²) in [4.78, 5) is 0. The lowest BCUT2D eigenvalue weighted by Gasteiger charge is -2.07. The van der Waals surface area contributed by atoms with Crippen molar-refractivity contribution in [3.05, 3.63) is 29.3 Å². The summed E-state index contributed by atoms with van der Waals surface area (Å²) in [6, 6.07) is 4.98. The van der Waals surface area contributed by atoms with E-state index in [-0.39, 0.29) is 0 Å². The molecule has 0 saturated carbocycles. The first-order valence-corrected chi connectivity index (χ1v) is 4.99. The second-order valence-electron chi connectivity index (χ2n) is 3.49. The van der Waals surface area contributed by atoms with E-state index in [9.17, 15) is 13.2 Å². The lowest BCUT2D eigenvalue weighted by Crippen LogP contribution is -2.26. The summed E-state index contributed by atoms with van der Waals surface area (Å²) in [5.74, 6) is 3.98. The van der Waals surface area contributed by atoms with E-state index in [4.69, 9.17) is 10.8 Å². The highest BCUT2D eigenvalue weighted by molar-refractivity contribution is 5.57. The minimum Gasteiger partial charge on any atom is -0.398 e. The van der Waals surface area contributed by atoms with E-state index in [0.29, 0.717) is 11.3 Å². The van der Waals surface area contributed by atoms with Crippen molar-refractivity contribution in [2.24, 2.45) is 0 Å². The van der Waals surface area contributed by atoms with Crippen LogP contribution >= 0.6 is 0 Å². The maximum atomic E-state index is 12.0. The van der Waals surface area contributed by atoms with Crippen LogP contribution in [0.4, 0.5) is 18.9 Å². The predicted molar refractivity (Wildman–Crippen MR) is 59.2 cm³/mol. The van der Waals surface area contributed by atoms with Gasteiger partial charge in [0.25, 0.3) is 0 Å². The number of alkyl halides is 3. The van der Waals surface area contributed by atoms with Crippen molar-refractivity contribution in [1.82, 2.24) is 0 Å².